The smallest absolute Gasteiger partial charge is 0.258 e. The van der Waals surface area contributed by atoms with Crippen molar-refractivity contribution in [3.8, 4) is 0 Å². The van der Waals surface area contributed by atoms with Crippen LogP contribution < -0.4 is 11.1 Å². The third-order valence-corrected chi connectivity index (χ3v) is 3.43. The second-order valence-corrected chi connectivity index (χ2v) is 5.34. The highest BCUT2D eigenvalue weighted by molar-refractivity contribution is 7.80. The summed E-state index contributed by atoms with van der Waals surface area (Å²) >= 11 is 10.9. The number of hydrogen-bond donors (Lipinski definition) is 2. The first kappa shape index (κ1) is 15.4. The molecule has 0 saturated heterocycles. The van der Waals surface area contributed by atoms with E-state index in [1.807, 2.05) is 0 Å². The van der Waals surface area contributed by atoms with Crippen molar-refractivity contribution in [2.75, 3.05) is 5.32 Å². The number of nitrogens with one attached hydrogen (secondary N) is 1. The number of halogens is 2. The molecule has 0 aliphatic carbocycles. The minimum absolute atomic E-state index is 0.0580. The van der Waals surface area contributed by atoms with E-state index in [4.69, 9.17) is 29.6 Å². The molecule has 0 aliphatic rings. The zero-order valence-electron chi connectivity index (χ0n) is 11.1. The molecule has 0 unspecified atom stereocenters. The van der Waals surface area contributed by atoms with Crippen molar-refractivity contribution < 1.29 is 9.18 Å². The first-order chi connectivity index (χ1) is 9.88. The van der Waals surface area contributed by atoms with Gasteiger partial charge in [-0.05, 0) is 36.8 Å². The molecule has 0 radical (unpaired) electrons. The molecule has 0 heterocycles. The van der Waals surface area contributed by atoms with E-state index >= 15 is 0 Å². The van der Waals surface area contributed by atoms with Crippen LogP contribution in [-0.4, -0.2) is 10.9 Å². The van der Waals surface area contributed by atoms with Crippen LogP contribution in [0.5, 0.6) is 0 Å². The second-order valence-electron chi connectivity index (χ2n) is 4.50. The predicted molar refractivity (Wildman–Crippen MR) is 86.4 cm³/mol. The van der Waals surface area contributed by atoms with Gasteiger partial charge in [0.2, 0.25) is 0 Å². The fraction of sp³-hybridized carbons (Fsp3) is 0.0667. The molecule has 3 N–H and O–H groups in total. The third-order valence-electron chi connectivity index (χ3n) is 2.87. The van der Waals surface area contributed by atoms with Gasteiger partial charge in [-0.2, -0.15) is 0 Å². The van der Waals surface area contributed by atoms with Gasteiger partial charge in [0.25, 0.3) is 5.91 Å². The monoisotopic (exact) mass is 322 g/mol. The van der Waals surface area contributed by atoms with Gasteiger partial charge in [-0.15, -0.1) is 0 Å². The molecule has 6 heteroatoms. The van der Waals surface area contributed by atoms with E-state index in [0.29, 0.717) is 16.3 Å². The number of carbonyl (C=O) groups excluding carboxylic acids is 1. The molecule has 2 rings (SSSR count). The van der Waals surface area contributed by atoms with Gasteiger partial charge in [0.1, 0.15) is 10.8 Å². The summed E-state index contributed by atoms with van der Waals surface area (Å²) in [6.07, 6.45) is 0. The van der Waals surface area contributed by atoms with Crippen LogP contribution in [0.2, 0.25) is 5.02 Å². The Balaban J connectivity index is 2.31. The summed E-state index contributed by atoms with van der Waals surface area (Å²) in [5.41, 5.74) is 7.10. The van der Waals surface area contributed by atoms with Crippen molar-refractivity contribution in [1.29, 1.82) is 0 Å². The van der Waals surface area contributed by atoms with Crippen LogP contribution >= 0.6 is 23.8 Å². The number of hydrogen-bond acceptors (Lipinski definition) is 2. The third kappa shape index (κ3) is 3.56. The molecule has 3 nitrogen and oxygen atoms in total. The average Bonchev–Trinajstić information content (AvgIpc) is 2.40. The molecule has 0 aromatic heterocycles. The molecule has 2 aromatic carbocycles. The SMILES string of the molecule is Cc1ccc(C(=O)Nc2cc(C(N)=S)ccc2Cl)c(F)c1. The molecule has 21 heavy (non-hydrogen) atoms. The first-order valence-electron chi connectivity index (χ1n) is 6.05. The Hall–Kier alpha value is -1.98. The Labute approximate surface area is 131 Å². The van der Waals surface area contributed by atoms with Gasteiger partial charge in [0.15, 0.2) is 0 Å². The van der Waals surface area contributed by atoms with Gasteiger partial charge in [0.05, 0.1) is 16.3 Å². The van der Waals surface area contributed by atoms with Gasteiger partial charge < -0.3 is 11.1 Å². The lowest BCUT2D eigenvalue weighted by Gasteiger charge is -2.10. The van der Waals surface area contributed by atoms with Crippen molar-refractivity contribution in [2.45, 2.75) is 6.92 Å². The van der Waals surface area contributed by atoms with Gasteiger partial charge in [-0.25, -0.2) is 4.39 Å². The number of nitrogens with two attached hydrogens (primary N) is 1. The Bertz CT molecular complexity index is 734. The van der Waals surface area contributed by atoms with Gasteiger partial charge in [-0.1, -0.05) is 36.0 Å². The normalized spacial score (nSPS) is 10.2. The summed E-state index contributed by atoms with van der Waals surface area (Å²) in [5.74, 6) is -1.18. The van der Waals surface area contributed by atoms with Crippen molar-refractivity contribution in [1.82, 2.24) is 0 Å². The number of amides is 1. The molecule has 0 bridgehead atoms. The van der Waals surface area contributed by atoms with E-state index in [9.17, 15) is 9.18 Å². The van der Waals surface area contributed by atoms with Crippen LogP contribution in [-0.2, 0) is 0 Å². The highest BCUT2D eigenvalue weighted by Gasteiger charge is 2.14. The molecule has 0 spiro atoms. The Morgan fingerprint density at radius 2 is 2.00 bits per heavy atom. The van der Waals surface area contributed by atoms with E-state index in [0.717, 1.165) is 5.56 Å². The first-order valence-corrected chi connectivity index (χ1v) is 6.84. The van der Waals surface area contributed by atoms with Gasteiger partial charge >= 0.3 is 0 Å². The van der Waals surface area contributed by atoms with Crippen LogP contribution in [0.3, 0.4) is 0 Å². The highest BCUT2D eigenvalue weighted by atomic mass is 35.5. The number of anilines is 1. The zero-order valence-corrected chi connectivity index (χ0v) is 12.7. The van der Waals surface area contributed by atoms with Crippen molar-refractivity contribution in [3.63, 3.8) is 0 Å². The highest BCUT2D eigenvalue weighted by Crippen LogP contribution is 2.24. The Kier molecular flexibility index (Phi) is 4.55. The number of aryl methyl sites for hydroxylation is 1. The van der Waals surface area contributed by atoms with Gasteiger partial charge in [-0.3, -0.25) is 4.79 Å². The topological polar surface area (TPSA) is 55.1 Å². The number of thiocarbonyl (C=S) groups is 1. The molecular weight excluding hydrogens is 311 g/mol. The van der Waals surface area contributed by atoms with Gasteiger partial charge in [0, 0.05) is 5.56 Å². The summed E-state index contributed by atoms with van der Waals surface area (Å²) in [5, 5.41) is 2.87. The second kappa shape index (κ2) is 6.20. The fourth-order valence-corrected chi connectivity index (χ4v) is 2.06. The Morgan fingerprint density at radius 1 is 1.29 bits per heavy atom. The quantitative estimate of drug-likeness (QED) is 0.848. The van der Waals surface area contributed by atoms with E-state index in [2.05, 4.69) is 5.32 Å². The summed E-state index contributed by atoms with van der Waals surface area (Å²) < 4.78 is 13.8. The summed E-state index contributed by atoms with van der Waals surface area (Å²) in [7, 11) is 0. The zero-order chi connectivity index (χ0) is 15.6. The van der Waals surface area contributed by atoms with Crippen LogP contribution in [0.25, 0.3) is 0 Å². The molecule has 0 saturated carbocycles. The minimum Gasteiger partial charge on any atom is -0.389 e. The lowest BCUT2D eigenvalue weighted by molar-refractivity contribution is 0.102. The number of benzene rings is 2. The lowest BCUT2D eigenvalue weighted by Crippen LogP contribution is -2.15. The number of carbonyl (C=O) groups is 1. The molecular formula is C15H12ClFN2OS. The molecule has 108 valence electrons. The molecule has 0 fully saturated rings. The van der Waals surface area contributed by atoms with Crippen LogP contribution in [0, 0.1) is 12.7 Å². The van der Waals surface area contributed by atoms with E-state index in [1.54, 1.807) is 31.2 Å². The van der Waals surface area contributed by atoms with Crippen molar-refractivity contribution in [2.24, 2.45) is 5.73 Å². The predicted octanol–water partition coefficient (Wildman–Crippen LogP) is 3.67. The largest absolute Gasteiger partial charge is 0.389 e. The van der Waals surface area contributed by atoms with Crippen molar-refractivity contribution in [3.05, 3.63) is 63.9 Å². The maximum atomic E-state index is 13.8. The maximum Gasteiger partial charge on any atom is 0.258 e. The summed E-state index contributed by atoms with van der Waals surface area (Å²) in [6, 6.07) is 9.14. The molecule has 0 aliphatic heterocycles. The summed E-state index contributed by atoms with van der Waals surface area (Å²) in [6.45, 7) is 1.74. The standard InChI is InChI=1S/C15H12ClFN2OS/c1-8-2-4-10(12(17)6-8)15(20)19-13-7-9(14(18)21)3-5-11(13)16/h2-7H,1H3,(H2,18,21)(H,19,20). The molecule has 1 amide bonds. The van der Waals surface area contributed by atoms with E-state index in [1.165, 1.54) is 12.1 Å². The lowest BCUT2D eigenvalue weighted by atomic mass is 10.1. The van der Waals surface area contributed by atoms with Crippen LogP contribution in [0.15, 0.2) is 36.4 Å². The minimum atomic E-state index is -0.589. The number of rotatable bonds is 3. The summed E-state index contributed by atoms with van der Waals surface area (Å²) in [4.78, 5) is 12.3. The van der Waals surface area contributed by atoms with Crippen LogP contribution in [0.1, 0.15) is 21.5 Å². The van der Waals surface area contributed by atoms with E-state index in [-0.39, 0.29) is 10.6 Å². The van der Waals surface area contributed by atoms with Crippen molar-refractivity contribution >= 4 is 40.4 Å². The molecule has 2 aromatic rings. The Morgan fingerprint density at radius 3 is 2.62 bits per heavy atom. The van der Waals surface area contributed by atoms with Crippen LogP contribution in [0.4, 0.5) is 10.1 Å². The maximum absolute atomic E-state index is 13.8. The molecule has 0 atom stereocenters. The average molecular weight is 323 g/mol. The van der Waals surface area contributed by atoms with E-state index < -0.39 is 11.7 Å². The fourth-order valence-electron chi connectivity index (χ4n) is 1.77.